The molecular weight excluding hydrogens is 352 g/mol. The third kappa shape index (κ3) is 5.31. The summed E-state index contributed by atoms with van der Waals surface area (Å²) in [5.41, 5.74) is 1.07. The van der Waals surface area contributed by atoms with E-state index in [-0.39, 0.29) is 23.9 Å². The number of carbonyl (C=O) groups excluding carboxylic acids is 1. The van der Waals surface area contributed by atoms with Crippen molar-refractivity contribution in [2.24, 2.45) is 0 Å². The number of likely N-dealkylation sites (N-methyl/N-ethyl adjacent to an activating group) is 1. The molecule has 0 atom stereocenters. The Kier molecular flexibility index (Phi) is 7.17. The molecule has 1 N–H and O–H groups in total. The molecule has 0 aromatic heterocycles. The lowest BCUT2D eigenvalue weighted by Gasteiger charge is -2.20. The normalized spacial score (nSPS) is 11.3. The van der Waals surface area contributed by atoms with Gasteiger partial charge in [-0.1, -0.05) is 37.3 Å². The third-order valence-electron chi connectivity index (χ3n) is 3.95. The van der Waals surface area contributed by atoms with Crippen molar-refractivity contribution in [3.8, 4) is 5.75 Å². The van der Waals surface area contributed by atoms with Crippen LogP contribution in [-0.4, -0.2) is 45.4 Å². The average molecular weight is 376 g/mol. The predicted molar refractivity (Wildman–Crippen MR) is 101 cm³/mol. The van der Waals surface area contributed by atoms with E-state index in [0.29, 0.717) is 13.0 Å². The van der Waals surface area contributed by atoms with E-state index >= 15 is 0 Å². The summed E-state index contributed by atoms with van der Waals surface area (Å²) < 4.78 is 31.5. The Morgan fingerprint density at radius 3 is 2.31 bits per heavy atom. The number of amides is 1. The highest BCUT2D eigenvalue weighted by Crippen LogP contribution is 2.14. The molecule has 1 amide bonds. The molecule has 2 aromatic carbocycles. The molecular formula is C19H24N2O4S. The van der Waals surface area contributed by atoms with Gasteiger partial charge in [0.1, 0.15) is 5.75 Å². The largest absolute Gasteiger partial charge is 0.497 e. The van der Waals surface area contributed by atoms with Crippen LogP contribution >= 0.6 is 0 Å². The molecule has 2 rings (SSSR count). The van der Waals surface area contributed by atoms with Gasteiger partial charge in [0.15, 0.2) is 0 Å². The number of nitrogens with one attached hydrogen (secondary N) is 1. The van der Waals surface area contributed by atoms with Crippen LogP contribution in [0.4, 0.5) is 0 Å². The second-order valence-electron chi connectivity index (χ2n) is 5.69. The highest BCUT2D eigenvalue weighted by molar-refractivity contribution is 7.89. The zero-order valence-electron chi connectivity index (χ0n) is 15.0. The van der Waals surface area contributed by atoms with Crippen LogP contribution in [0.2, 0.25) is 0 Å². The summed E-state index contributed by atoms with van der Waals surface area (Å²) in [4.78, 5) is 12.3. The first-order chi connectivity index (χ1) is 12.5. The Balaban J connectivity index is 1.88. The van der Waals surface area contributed by atoms with Gasteiger partial charge in [-0.15, -0.1) is 0 Å². The van der Waals surface area contributed by atoms with Crippen LogP contribution < -0.4 is 10.1 Å². The van der Waals surface area contributed by atoms with Gasteiger partial charge in [0.25, 0.3) is 0 Å². The Morgan fingerprint density at radius 2 is 1.73 bits per heavy atom. The molecule has 26 heavy (non-hydrogen) atoms. The van der Waals surface area contributed by atoms with Gasteiger partial charge >= 0.3 is 0 Å². The predicted octanol–water partition coefficient (Wildman–Crippen LogP) is 2.06. The summed E-state index contributed by atoms with van der Waals surface area (Å²) in [7, 11) is -2.06. The van der Waals surface area contributed by atoms with Crippen LogP contribution in [0, 0.1) is 0 Å². The SMILES string of the molecule is CCN(CC(=O)NCCc1ccc(OC)cc1)S(=O)(=O)c1ccccc1. The van der Waals surface area contributed by atoms with Crippen molar-refractivity contribution in [3.63, 3.8) is 0 Å². The number of benzene rings is 2. The molecule has 0 saturated carbocycles. The van der Waals surface area contributed by atoms with E-state index in [4.69, 9.17) is 4.74 Å². The summed E-state index contributed by atoms with van der Waals surface area (Å²) >= 11 is 0. The van der Waals surface area contributed by atoms with Crippen molar-refractivity contribution < 1.29 is 17.9 Å². The van der Waals surface area contributed by atoms with Gasteiger partial charge in [0.2, 0.25) is 15.9 Å². The first-order valence-electron chi connectivity index (χ1n) is 8.42. The van der Waals surface area contributed by atoms with E-state index in [1.54, 1.807) is 32.2 Å². The summed E-state index contributed by atoms with van der Waals surface area (Å²) in [6, 6.07) is 15.7. The molecule has 0 radical (unpaired) electrons. The van der Waals surface area contributed by atoms with E-state index in [9.17, 15) is 13.2 Å². The fraction of sp³-hybridized carbons (Fsp3) is 0.316. The summed E-state index contributed by atoms with van der Waals surface area (Å²) in [6.07, 6.45) is 0.660. The zero-order chi connectivity index (χ0) is 19.0. The Bertz CT molecular complexity index is 805. The fourth-order valence-corrected chi connectivity index (χ4v) is 3.89. The third-order valence-corrected chi connectivity index (χ3v) is 5.88. The molecule has 0 unspecified atom stereocenters. The quantitative estimate of drug-likeness (QED) is 0.727. The van der Waals surface area contributed by atoms with Crippen molar-refractivity contribution in [2.75, 3.05) is 26.7 Å². The number of ether oxygens (including phenoxy) is 1. The Labute approximate surface area is 154 Å². The summed E-state index contributed by atoms with van der Waals surface area (Å²) in [5, 5.41) is 2.77. The molecule has 0 aliphatic carbocycles. The van der Waals surface area contributed by atoms with E-state index in [1.807, 2.05) is 24.3 Å². The molecule has 2 aromatic rings. The van der Waals surface area contributed by atoms with E-state index in [0.717, 1.165) is 11.3 Å². The minimum Gasteiger partial charge on any atom is -0.497 e. The standard InChI is InChI=1S/C19H24N2O4S/c1-3-21(26(23,24)18-7-5-4-6-8-18)15-19(22)20-14-13-16-9-11-17(25-2)12-10-16/h4-12H,3,13-15H2,1-2H3,(H,20,22). The number of nitrogens with zero attached hydrogens (tertiary/aromatic N) is 1. The molecule has 0 saturated heterocycles. The number of hydrogen-bond donors (Lipinski definition) is 1. The smallest absolute Gasteiger partial charge is 0.243 e. The van der Waals surface area contributed by atoms with Crippen LogP contribution in [0.5, 0.6) is 5.75 Å². The van der Waals surface area contributed by atoms with Crippen LogP contribution in [0.25, 0.3) is 0 Å². The van der Waals surface area contributed by atoms with Gasteiger partial charge in [-0.25, -0.2) is 8.42 Å². The van der Waals surface area contributed by atoms with Gasteiger partial charge in [-0.2, -0.15) is 4.31 Å². The Hall–Kier alpha value is -2.38. The number of sulfonamides is 1. The fourth-order valence-electron chi connectivity index (χ4n) is 2.46. The summed E-state index contributed by atoms with van der Waals surface area (Å²) in [6.45, 7) is 2.18. The minimum absolute atomic E-state index is 0.188. The van der Waals surface area contributed by atoms with E-state index in [1.165, 1.54) is 16.4 Å². The lowest BCUT2D eigenvalue weighted by atomic mass is 10.1. The maximum atomic E-state index is 12.6. The number of hydrogen-bond acceptors (Lipinski definition) is 4. The van der Waals surface area contributed by atoms with Crippen molar-refractivity contribution >= 4 is 15.9 Å². The maximum Gasteiger partial charge on any atom is 0.243 e. The molecule has 0 fully saturated rings. The van der Waals surface area contributed by atoms with Gasteiger partial charge < -0.3 is 10.1 Å². The van der Waals surface area contributed by atoms with Crippen molar-refractivity contribution in [1.29, 1.82) is 0 Å². The van der Waals surface area contributed by atoms with E-state index in [2.05, 4.69) is 5.32 Å². The number of rotatable bonds is 9. The second-order valence-corrected chi connectivity index (χ2v) is 7.63. The zero-order valence-corrected chi connectivity index (χ0v) is 15.8. The van der Waals surface area contributed by atoms with Crippen LogP contribution in [-0.2, 0) is 21.2 Å². The first kappa shape index (κ1) is 19.9. The maximum absolute atomic E-state index is 12.6. The second kappa shape index (κ2) is 9.35. The van der Waals surface area contributed by atoms with Crippen molar-refractivity contribution in [1.82, 2.24) is 9.62 Å². The molecule has 0 spiro atoms. The Morgan fingerprint density at radius 1 is 1.08 bits per heavy atom. The summed E-state index contributed by atoms with van der Waals surface area (Å²) in [5.74, 6) is 0.461. The lowest BCUT2D eigenvalue weighted by Crippen LogP contribution is -2.41. The molecule has 6 nitrogen and oxygen atoms in total. The monoisotopic (exact) mass is 376 g/mol. The highest BCUT2D eigenvalue weighted by atomic mass is 32.2. The number of methoxy groups -OCH3 is 1. The molecule has 7 heteroatoms. The molecule has 0 aliphatic heterocycles. The average Bonchev–Trinajstić information content (AvgIpc) is 2.67. The van der Waals surface area contributed by atoms with Gasteiger partial charge in [-0.3, -0.25) is 4.79 Å². The van der Waals surface area contributed by atoms with Crippen molar-refractivity contribution in [2.45, 2.75) is 18.2 Å². The molecule has 140 valence electrons. The van der Waals surface area contributed by atoms with Crippen LogP contribution in [0.3, 0.4) is 0 Å². The van der Waals surface area contributed by atoms with Crippen molar-refractivity contribution in [3.05, 3.63) is 60.2 Å². The molecule has 0 bridgehead atoms. The van der Waals surface area contributed by atoms with Gasteiger partial charge in [0.05, 0.1) is 18.6 Å². The van der Waals surface area contributed by atoms with Crippen LogP contribution in [0.1, 0.15) is 12.5 Å². The van der Waals surface area contributed by atoms with Gasteiger partial charge in [-0.05, 0) is 36.2 Å². The molecule has 0 heterocycles. The number of carbonyl (C=O) groups is 1. The first-order valence-corrected chi connectivity index (χ1v) is 9.86. The highest BCUT2D eigenvalue weighted by Gasteiger charge is 2.24. The topological polar surface area (TPSA) is 75.7 Å². The minimum atomic E-state index is -3.67. The molecule has 0 aliphatic rings. The lowest BCUT2D eigenvalue weighted by molar-refractivity contribution is -0.121. The van der Waals surface area contributed by atoms with Gasteiger partial charge in [0, 0.05) is 13.1 Å². The van der Waals surface area contributed by atoms with E-state index < -0.39 is 10.0 Å². The van der Waals surface area contributed by atoms with Crippen LogP contribution in [0.15, 0.2) is 59.5 Å².